The molecule has 0 aliphatic carbocycles. The Bertz CT molecular complexity index is 638. The van der Waals surface area contributed by atoms with Gasteiger partial charge >= 0.3 is 0 Å². The van der Waals surface area contributed by atoms with E-state index in [4.69, 9.17) is 14.2 Å². The maximum Gasteiger partial charge on any atom is 0.193 e. The summed E-state index contributed by atoms with van der Waals surface area (Å²) < 4.78 is 16.7. The molecule has 0 aromatic heterocycles. The first-order chi connectivity index (χ1) is 13.2. The highest BCUT2D eigenvalue weighted by molar-refractivity contribution is 14.0. The molecular formula is C20H33IN4O3. The van der Waals surface area contributed by atoms with Gasteiger partial charge in [0, 0.05) is 46.8 Å². The summed E-state index contributed by atoms with van der Waals surface area (Å²) in [5.41, 5.74) is 1.17. The molecule has 2 heterocycles. The van der Waals surface area contributed by atoms with Gasteiger partial charge in [0.1, 0.15) is 13.2 Å². The predicted molar refractivity (Wildman–Crippen MR) is 122 cm³/mol. The fourth-order valence-corrected chi connectivity index (χ4v) is 3.47. The van der Waals surface area contributed by atoms with Crippen molar-refractivity contribution in [3.05, 3.63) is 23.8 Å². The van der Waals surface area contributed by atoms with Crippen molar-refractivity contribution in [3.63, 3.8) is 0 Å². The number of aliphatic imine (C=N–C) groups is 1. The van der Waals surface area contributed by atoms with Gasteiger partial charge < -0.3 is 24.4 Å². The molecule has 0 spiro atoms. The highest BCUT2D eigenvalue weighted by Gasteiger charge is 2.16. The number of morpholine rings is 1. The maximum absolute atomic E-state index is 5.68. The number of benzene rings is 1. The summed E-state index contributed by atoms with van der Waals surface area (Å²) in [6.07, 6.45) is 0. The van der Waals surface area contributed by atoms with Gasteiger partial charge in [-0.2, -0.15) is 0 Å². The lowest BCUT2D eigenvalue weighted by molar-refractivity contribution is 0.0320. The molecule has 2 aliphatic heterocycles. The average molecular weight is 504 g/mol. The van der Waals surface area contributed by atoms with E-state index in [-0.39, 0.29) is 24.0 Å². The van der Waals surface area contributed by atoms with Crippen LogP contribution in [-0.4, -0.2) is 82.5 Å². The number of ether oxygens (including phenoxy) is 3. The predicted octanol–water partition coefficient (Wildman–Crippen LogP) is 2.05. The molecule has 7 nitrogen and oxygen atoms in total. The van der Waals surface area contributed by atoms with Crippen LogP contribution in [0.5, 0.6) is 11.5 Å². The third-order valence-corrected chi connectivity index (χ3v) is 4.88. The Hall–Kier alpha value is -1.26. The molecule has 3 rings (SSSR count). The van der Waals surface area contributed by atoms with Crippen molar-refractivity contribution in [2.24, 2.45) is 10.9 Å². The van der Waals surface area contributed by atoms with Crippen molar-refractivity contribution in [2.75, 3.05) is 66.7 Å². The molecular weight excluding hydrogens is 471 g/mol. The van der Waals surface area contributed by atoms with Crippen LogP contribution in [0.15, 0.2) is 23.2 Å². The van der Waals surface area contributed by atoms with Crippen LogP contribution in [0.4, 0.5) is 0 Å². The second kappa shape index (κ2) is 11.7. The molecule has 1 atom stereocenters. The first kappa shape index (κ1) is 23.0. The van der Waals surface area contributed by atoms with E-state index in [2.05, 4.69) is 46.2 Å². The van der Waals surface area contributed by atoms with E-state index in [0.717, 1.165) is 63.4 Å². The van der Waals surface area contributed by atoms with Crippen molar-refractivity contribution >= 4 is 29.9 Å². The molecule has 1 N–H and O–H groups in total. The van der Waals surface area contributed by atoms with E-state index < -0.39 is 0 Å². The number of halogens is 1. The summed E-state index contributed by atoms with van der Waals surface area (Å²) >= 11 is 0. The van der Waals surface area contributed by atoms with E-state index in [1.54, 1.807) is 0 Å². The topological polar surface area (TPSA) is 58.6 Å². The fourth-order valence-electron chi connectivity index (χ4n) is 3.47. The van der Waals surface area contributed by atoms with Crippen molar-refractivity contribution in [2.45, 2.75) is 13.5 Å². The molecule has 158 valence electrons. The van der Waals surface area contributed by atoms with Crippen molar-refractivity contribution in [1.82, 2.24) is 15.1 Å². The molecule has 1 saturated heterocycles. The number of rotatable bonds is 6. The van der Waals surface area contributed by atoms with Crippen LogP contribution in [0.3, 0.4) is 0 Å². The number of nitrogens with zero attached hydrogens (tertiary/aromatic N) is 3. The van der Waals surface area contributed by atoms with Crippen LogP contribution in [0.1, 0.15) is 12.5 Å². The van der Waals surface area contributed by atoms with Gasteiger partial charge in [-0.15, -0.1) is 24.0 Å². The molecule has 0 amide bonds. The summed E-state index contributed by atoms with van der Waals surface area (Å²) in [5, 5.41) is 3.50. The van der Waals surface area contributed by atoms with Gasteiger partial charge in [-0.05, 0) is 23.6 Å². The van der Waals surface area contributed by atoms with Crippen LogP contribution in [0.25, 0.3) is 0 Å². The first-order valence-corrected chi connectivity index (χ1v) is 9.76. The number of nitrogens with one attached hydrogen (secondary N) is 1. The highest BCUT2D eigenvalue weighted by Crippen LogP contribution is 2.31. The highest BCUT2D eigenvalue weighted by atomic mass is 127. The number of guanidine groups is 1. The largest absolute Gasteiger partial charge is 0.486 e. The zero-order chi connectivity index (χ0) is 19.1. The van der Waals surface area contributed by atoms with E-state index in [1.165, 1.54) is 5.56 Å². The zero-order valence-corrected chi connectivity index (χ0v) is 19.5. The Morgan fingerprint density at radius 3 is 2.61 bits per heavy atom. The van der Waals surface area contributed by atoms with E-state index in [1.807, 2.05) is 13.1 Å². The van der Waals surface area contributed by atoms with Gasteiger partial charge in [0.2, 0.25) is 0 Å². The lowest BCUT2D eigenvalue weighted by Gasteiger charge is -2.30. The SMILES string of the molecule is CN=C(NCC(C)CN1CCOCC1)N(C)Cc1ccc2c(c1)OCCO2.I. The van der Waals surface area contributed by atoms with Gasteiger partial charge in [0.15, 0.2) is 17.5 Å². The summed E-state index contributed by atoms with van der Waals surface area (Å²) in [6, 6.07) is 6.12. The molecule has 1 aromatic rings. The van der Waals surface area contributed by atoms with Crippen molar-refractivity contribution in [3.8, 4) is 11.5 Å². The van der Waals surface area contributed by atoms with E-state index in [0.29, 0.717) is 19.1 Å². The van der Waals surface area contributed by atoms with Crippen molar-refractivity contribution in [1.29, 1.82) is 0 Å². The molecule has 1 fully saturated rings. The quantitative estimate of drug-likeness (QED) is 0.364. The maximum atomic E-state index is 5.68. The molecule has 8 heteroatoms. The molecule has 2 aliphatic rings. The minimum Gasteiger partial charge on any atom is -0.486 e. The summed E-state index contributed by atoms with van der Waals surface area (Å²) in [5.74, 6) is 3.10. The van der Waals surface area contributed by atoms with Gasteiger partial charge in [0.05, 0.1) is 13.2 Å². The normalized spacial score (nSPS) is 18.2. The van der Waals surface area contributed by atoms with Gasteiger partial charge in [-0.3, -0.25) is 9.89 Å². The fraction of sp³-hybridized carbons (Fsp3) is 0.650. The second-order valence-electron chi connectivity index (χ2n) is 7.28. The van der Waals surface area contributed by atoms with E-state index in [9.17, 15) is 0 Å². The van der Waals surface area contributed by atoms with Crippen molar-refractivity contribution < 1.29 is 14.2 Å². The molecule has 28 heavy (non-hydrogen) atoms. The third kappa shape index (κ3) is 6.66. The second-order valence-corrected chi connectivity index (χ2v) is 7.28. The van der Waals surface area contributed by atoms with Crippen LogP contribution >= 0.6 is 24.0 Å². The van der Waals surface area contributed by atoms with Crippen LogP contribution in [-0.2, 0) is 11.3 Å². The zero-order valence-electron chi connectivity index (χ0n) is 17.1. The first-order valence-electron chi connectivity index (χ1n) is 9.76. The Morgan fingerprint density at radius 1 is 1.18 bits per heavy atom. The minimum atomic E-state index is 0. The molecule has 0 radical (unpaired) electrons. The Morgan fingerprint density at radius 2 is 1.89 bits per heavy atom. The average Bonchev–Trinajstić information content (AvgIpc) is 2.69. The molecule has 0 bridgehead atoms. The minimum absolute atomic E-state index is 0. The lowest BCUT2D eigenvalue weighted by Crippen LogP contribution is -2.44. The Kier molecular flexibility index (Phi) is 9.60. The standard InChI is InChI=1S/C20H32N4O3.HI/c1-16(14-24-6-8-25-9-7-24)13-22-20(21-2)23(3)15-17-4-5-18-19(12-17)27-11-10-26-18;/h4-5,12,16H,6-11,13-15H2,1-3H3,(H,21,22);1H. The summed E-state index contributed by atoms with van der Waals surface area (Å²) in [4.78, 5) is 9.03. The third-order valence-electron chi connectivity index (χ3n) is 4.88. The lowest BCUT2D eigenvalue weighted by atomic mass is 10.1. The molecule has 0 saturated carbocycles. The van der Waals surface area contributed by atoms with Gasteiger partial charge in [-0.25, -0.2) is 0 Å². The number of hydrogen-bond acceptors (Lipinski definition) is 5. The summed E-state index contributed by atoms with van der Waals surface area (Å²) in [7, 11) is 3.88. The van der Waals surface area contributed by atoms with E-state index >= 15 is 0 Å². The summed E-state index contributed by atoms with van der Waals surface area (Å²) in [6.45, 7) is 9.99. The van der Waals surface area contributed by atoms with Crippen LogP contribution < -0.4 is 14.8 Å². The van der Waals surface area contributed by atoms with Gasteiger partial charge in [0.25, 0.3) is 0 Å². The smallest absolute Gasteiger partial charge is 0.193 e. The monoisotopic (exact) mass is 504 g/mol. The number of hydrogen-bond donors (Lipinski definition) is 1. The van der Waals surface area contributed by atoms with Crippen LogP contribution in [0.2, 0.25) is 0 Å². The Labute approximate surface area is 185 Å². The Balaban J connectivity index is 0.00000280. The molecule has 1 aromatic carbocycles. The van der Waals surface area contributed by atoms with Gasteiger partial charge in [-0.1, -0.05) is 13.0 Å². The number of fused-ring (bicyclic) bond motifs is 1. The molecule has 1 unspecified atom stereocenters. The van der Waals surface area contributed by atoms with Crippen LogP contribution in [0, 0.1) is 5.92 Å².